The minimum atomic E-state index is -1.06. The maximum absolute atomic E-state index is 11.8. The second-order valence-electron chi connectivity index (χ2n) is 5.14. The number of benzene rings is 2. The number of amides is 1. The SMILES string of the molecule is O=C(O)COc1ccc(C=NNC(=O)Cc2ccc([N+](=O)[O-])cc2)cc1. The van der Waals surface area contributed by atoms with Gasteiger partial charge in [0.05, 0.1) is 17.6 Å². The van der Waals surface area contributed by atoms with Gasteiger partial charge in [-0.1, -0.05) is 12.1 Å². The molecule has 2 aromatic rings. The first kappa shape index (κ1) is 18.6. The van der Waals surface area contributed by atoms with Gasteiger partial charge in [-0.2, -0.15) is 5.10 Å². The Kier molecular flexibility index (Phi) is 6.38. The van der Waals surface area contributed by atoms with Crippen LogP contribution < -0.4 is 10.2 Å². The Morgan fingerprint density at radius 3 is 2.38 bits per heavy atom. The average molecular weight is 357 g/mol. The number of hydrogen-bond acceptors (Lipinski definition) is 6. The van der Waals surface area contributed by atoms with E-state index in [1.165, 1.54) is 30.5 Å². The molecule has 0 unspecified atom stereocenters. The second-order valence-corrected chi connectivity index (χ2v) is 5.14. The van der Waals surface area contributed by atoms with Crippen molar-refractivity contribution in [2.75, 3.05) is 6.61 Å². The largest absolute Gasteiger partial charge is 0.482 e. The maximum atomic E-state index is 11.8. The van der Waals surface area contributed by atoms with Crippen LogP contribution in [0.3, 0.4) is 0 Å². The van der Waals surface area contributed by atoms with Gasteiger partial charge < -0.3 is 9.84 Å². The first-order valence-corrected chi connectivity index (χ1v) is 7.44. The fourth-order valence-corrected chi connectivity index (χ4v) is 1.93. The van der Waals surface area contributed by atoms with Gasteiger partial charge in [-0.25, -0.2) is 10.2 Å². The van der Waals surface area contributed by atoms with Gasteiger partial charge in [-0.15, -0.1) is 0 Å². The van der Waals surface area contributed by atoms with Crippen molar-refractivity contribution >= 4 is 23.8 Å². The number of non-ortho nitro benzene ring substituents is 1. The van der Waals surface area contributed by atoms with E-state index in [9.17, 15) is 19.7 Å². The number of carboxylic acid groups (broad SMARTS) is 1. The van der Waals surface area contributed by atoms with Crippen LogP contribution in [0.4, 0.5) is 5.69 Å². The predicted molar refractivity (Wildman–Crippen MR) is 92.1 cm³/mol. The van der Waals surface area contributed by atoms with Gasteiger partial charge in [0.25, 0.3) is 5.69 Å². The van der Waals surface area contributed by atoms with Crippen LogP contribution in [0.2, 0.25) is 0 Å². The van der Waals surface area contributed by atoms with Crippen molar-refractivity contribution in [3.05, 3.63) is 69.8 Å². The summed E-state index contributed by atoms with van der Waals surface area (Å²) in [6.45, 7) is -0.424. The zero-order valence-electron chi connectivity index (χ0n) is 13.5. The number of rotatable bonds is 8. The lowest BCUT2D eigenvalue weighted by Gasteiger charge is -2.03. The minimum Gasteiger partial charge on any atom is -0.482 e. The monoisotopic (exact) mass is 357 g/mol. The van der Waals surface area contributed by atoms with E-state index in [1.807, 2.05) is 0 Å². The molecule has 2 aromatic carbocycles. The first-order valence-electron chi connectivity index (χ1n) is 7.44. The van der Waals surface area contributed by atoms with Gasteiger partial charge in [-0.3, -0.25) is 14.9 Å². The molecule has 0 aliphatic rings. The molecular formula is C17H15N3O6. The van der Waals surface area contributed by atoms with E-state index in [4.69, 9.17) is 9.84 Å². The number of nitro benzene ring substituents is 1. The number of carboxylic acids is 1. The van der Waals surface area contributed by atoms with E-state index < -0.39 is 17.5 Å². The second kappa shape index (κ2) is 8.92. The number of ether oxygens (including phenoxy) is 1. The summed E-state index contributed by atoms with van der Waals surface area (Å²) in [4.78, 5) is 32.3. The molecule has 0 saturated carbocycles. The van der Waals surface area contributed by atoms with Crippen LogP contribution in [0.25, 0.3) is 0 Å². The molecule has 0 aromatic heterocycles. The fraction of sp³-hybridized carbons (Fsp3) is 0.118. The third-order valence-electron chi connectivity index (χ3n) is 3.16. The summed E-state index contributed by atoms with van der Waals surface area (Å²) in [6, 6.07) is 12.2. The maximum Gasteiger partial charge on any atom is 0.341 e. The Hall–Kier alpha value is -3.75. The van der Waals surface area contributed by atoms with Crippen LogP contribution >= 0.6 is 0 Å². The van der Waals surface area contributed by atoms with Crippen molar-refractivity contribution in [3.63, 3.8) is 0 Å². The molecule has 1 amide bonds. The quantitative estimate of drug-likeness (QED) is 0.420. The van der Waals surface area contributed by atoms with Crippen molar-refractivity contribution in [1.82, 2.24) is 5.43 Å². The highest BCUT2D eigenvalue weighted by Gasteiger charge is 2.06. The Morgan fingerprint density at radius 2 is 1.81 bits per heavy atom. The molecule has 0 aliphatic heterocycles. The number of aliphatic carboxylic acids is 1. The van der Waals surface area contributed by atoms with Gasteiger partial charge in [0.15, 0.2) is 6.61 Å². The lowest BCUT2D eigenvalue weighted by Crippen LogP contribution is -2.19. The summed E-state index contributed by atoms with van der Waals surface area (Å²) in [7, 11) is 0. The standard InChI is InChI=1S/C17H15N3O6/c21-16(9-12-1-5-14(6-2-12)20(24)25)19-18-10-13-3-7-15(8-4-13)26-11-17(22)23/h1-8,10H,9,11H2,(H,19,21)(H,22,23). The molecular weight excluding hydrogens is 342 g/mol. The topological polar surface area (TPSA) is 131 Å². The normalized spacial score (nSPS) is 10.5. The lowest BCUT2D eigenvalue weighted by atomic mass is 10.1. The summed E-state index contributed by atoms with van der Waals surface area (Å²) in [6.07, 6.45) is 1.46. The van der Waals surface area contributed by atoms with E-state index >= 15 is 0 Å². The van der Waals surface area contributed by atoms with E-state index in [1.54, 1.807) is 24.3 Å². The Bertz CT molecular complexity index is 815. The predicted octanol–water partition coefficient (Wildman–Crippen LogP) is 1.75. The van der Waals surface area contributed by atoms with E-state index in [0.29, 0.717) is 16.9 Å². The molecule has 0 atom stereocenters. The molecule has 0 aliphatic carbocycles. The van der Waals surface area contributed by atoms with Crippen molar-refractivity contribution < 1.29 is 24.4 Å². The van der Waals surface area contributed by atoms with E-state index in [2.05, 4.69) is 10.5 Å². The van der Waals surface area contributed by atoms with Crippen LogP contribution in [0, 0.1) is 10.1 Å². The molecule has 0 saturated heterocycles. The molecule has 134 valence electrons. The van der Waals surface area contributed by atoms with Crippen LogP contribution in [-0.4, -0.2) is 34.7 Å². The summed E-state index contributed by atoms with van der Waals surface area (Å²) in [5.41, 5.74) is 3.63. The van der Waals surface area contributed by atoms with Gasteiger partial charge in [0.2, 0.25) is 5.91 Å². The number of hydrogen-bond donors (Lipinski definition) is 2. The number of carbonyl (C=O) groups excluding carboxylic acids is 1. The van der Waals surface area contributed by atoms with Crippen molar-refractivity contribution in [2.24, 2.45) is 5.10 Å². The number of nitrogens with zero attached hydrogens (tertiary/aromatic N) is 2. The first-order chi connectivity index (χ1) is 12.4. The molecule has 2 N–H and O–H groups in total. The Morgan fingerprint density at radius 1 is 1.15 bits per heavy atom. The molecule has 0 radical (unpaired) electrons. The van der Waals surface area contributed by atoms with E-state index in [-0.39, 0.29) is 18.0 Å². The molecule has 0 heterocycles. The molecule has 9 heteroatoms. The number of hydrazone groups is 1. The highest BCUT2D eigenvalue weighted by atomic mass is 16.6. The van der Waals surface area contributed by atoms with Crippen LogP contribution in [0.1, 0.15) is 11.1 Å². The lowest BCUT2D eigenvalue weighted by molar-refractivity contribution is -0.384. The average Bonchev–Trinajstić information content (AvgIpc) is 2.61. The zero-order valence-corrected chi connectivity index (χ0v) is 13.5. The van der Waals surface area contributed by atoms with Crippen molar-refractivity contribution in [2.45, 2.75) is 6.42 Å². The Labute approximate surface area is 148 Å². The Balaban J connectivity index is 1.82. The number of nitrogens with one attached hydrogen (secondary N) is 1. The molecule has 26 heavy (non-hydrogen) atoms. The highest BCUT2D eigenvalue weighted by molar-refractivity contribution is 5.83. The van der Waals surface area contributed by atoms with Gasteiger partial charge in [0, 0.05) is 12.1 Å². The number of nitro groups is 1. The molecule has 2 rings (SSSR count). The van der Waals surface area contributed by atoms with Crippen LogP contribution in [-0.2, 0) is 16.0 Å². The van der Waals surface area contributed by atoms with Gasteiger partial charge in [-0.05, 0) is 35.4 Å². The van der Waals surface area contributed by atoms with Crippen molar-refractivity contribution in [3.8, 4) is 5.75 Å². The van der Waals surface area contributed by atoms with Gasteiger partial charge in [0.1, 0.15) is 5.75 Å². The molecule has 0 spiro atoms. The van der Waals surface area contributed by atoms with E-state index in [0.717, 1.165) is 0 Å². The smallest absolute Gasteiger partial charge is 0.341 e. The molecule has 0 fully saturated rings. The highest BCUT2D eigenvalue weighted by Crippen LogP contribution is 2.12. The molecule has 0 bridgehead atoms. The summed E-state index contributed by atoms with van der Waals surface area (Å²) < 4.78 is 5.00. The zero-order chi connectivity index (χ0) is 18.9. The third-order valence-corrected chi connectivity index (χ3v) is 3.16. The number of carbonyl (C=O) groups is 2. The summed E-state index contributed by atoms with van der Waals surface area (Å²) in [5, 5.41) is 22.9. The van der Waals surface area contributed by atoms with Gasteiger partial charge >= 0.3 is 5.97 Å². The molecule has 9 nitrogen and oxygen atoms in total. The summed E-state index contributed by atoms with van der Waals surface area (Å²) >= 11 is 0. The minimum absolute atomic E-state index is 0.0389. The van der Waals surface area contributed by atoms with Crippen LogP contribution in [0.15, 0.2) is 53.6 Å². The van der Waals surface area contributed by atoms with Crippen molar-refractivity contribution in [1.29, 1.82) is 0 Å². The summed E-state index contributed by atoms with van der Waals surface area (Å²) in [5.74, 6) is -1.02. The third kappa shape index (κ3) is 6.04. The fourth-order valence-electron chi connectivity index (χ4n) is 1.93. The van der Waals surface area contributed by atoms with Crippen LogP contribution in [0.5, 0.6) is 5.75 Å².